The van der Waals surface area contributed by atoms with Crippen LogP contribution in [0.3, 0.4) is 0 Å². The van der Waals surface area contributed by atoms with Gasteiger partial charge in [0.25, 0.3) is 5.91 Å². The van der Waals surface area contributed by atoms with E-state index in [0.717, 1.165) is 25.1 Å². The highest BCUT2D eigenvalue weighted by Crippen LogP contribution is 2.23. The van der Waals surface area contributed by atoms with Crippen LogP contribution in [0.5, 0.6) is 0 Å². The van der Waals surface area contributed by atoms with Gasteiger partial charge in [0, 0.05) is 38.6 Å². The topological polar surface area (TPSA) is 71.2 Å². The van der Waals surface area contributed by atoms with Crippen molar-refractivity contribution < 1.29 is 4.79 Å². The fraction of sp³-hybridized carbons (Fsp3) is 0.600. The molecule has 1 fully saturated rings. The lowest BCUT2D eigenvalue weighted by Gasteiger charge is -2.26. The van der Waals surface area contributed by atoms with Gasteiger partial charge in [0.15, 0.2) is 0 Å². The number of hydrogen-bond donors (Lipinski definition) is 2. The zero-order chi connectivity index (χ0) is 14.5. The van der Waals surface area contributed by atoms with Crippen molar-refractivity contribution in [3.8, 4) is 0 Å². The van der Waals surface area contributed by atoms with Crippen molar-refractivity contribution in [3.05, 3.63) is 24.0 Å². The van der Waals surface area contributed by atoms with Crippen molar-refractivity contribution in [1.29, 1.82) is 0 Å². The molecule has 1 saturated carbocycles. The van der Waals surface area contributed by atoms with Gasteiger partial charge in [0.2, 0.25) is 0 Å². The van der Waals surface area contributed by atoms with E-state index in [4.69, 9.17) is 5.73 Å². The normalized spacial score (nSPS) is 22.4. The zero-order valence-corrected chi connectivity index (χ0v) is 12.3. The zero-order valence-electron chi connectivity index (χ0n) is 12.3. The molecule has 1 aliphatic rings. The van der Waals surface area contributed by atoms with Gasteiger partial charge in [-0.15, -0.1) is 0 Å². The summed E-state index contributed by atoms with van der Waals surface area (Å²) in [5, 5.41) is 3.41. The first-order valence-electron chi connectivity index (χ1n) is 7.23. The molecule has 0 radical (unpaired) electrons. The Morgan fingerprint density at radius 2 is 2.10 bits per heavy atom. The van der Waals surface area contributed by atoms with E-state index >= 15 is 0 Å². The lowest BCUT2D eigenvalue weighted by molar-refractivity contribution is 0.0822. The van der Waals surface area contributed by atoms with E-state index in [9.17, 15) is 4.79 Å². The number of amides is 1. The number of rotatable bonds is 4. The number of aromatic nitrogens is 1. The molecule has 0 bridgehead atoms. The van der Waals surface area contributed by atoms with Gasteiger partial charge in [-0.3, -0.25) is 9.78 Å². The lowest BCUT2D eigenvalue weighted by atomic mass is 9.86. The van der Waals surface area contributed by atoms with E-state index in [1.165, 1.54) is 17.7 Å². The van der Waals surface area contributed by atoms with E-state index in [2.05, 4.69) is 10.3 Å². The summed E-state index contributed by atoms with van der Waals surface area (Å²) < 4.78 is 0. The summed E-state index contributed by atoms with van der Waals surface area (Å²) in [6.45, 7) is 0.937. The average Bonchev–Trinajstić information content (AvgIpc) is 2.46. The third kappa shape index (κ3) is 3.93. The molecule has 0 aromatic carbocycles. The Bertz CT molecular complexity index is 453. The van der Waals surface area contributed by atoms with Gasteiger partial charge in [-0.2, -0.15) is 0 Å². The summed E-state index contributed by atoms with van der Waals surface area (Å²) in [7, 11) is 3.46. The van der Waals surface area contributed by atoms with Crippen LogP contribution < -0.4 is 11.1 Å². The molecule has 1 heterocycles. The molecule has 1 aromatic rings. The number of nitrogens with zero attached hydrogens (tertiary/aromatic N) is 2. The molecule has 1 aromatic heterocycles. The summed E-state index contributed by atoms with van der Waals surface area (Å²) in [5.74, 6) is 0.605. The SMILES string of the molecule is CN(C)C(=O)c1cc(NCC2CCC(N)CC2)ccn1. The van der Waals surface area contributed by atoms with Crippen molar-refractivity contribution in [2.45, 2.75) is 31.7 Å². The minimum atomic E-state index is -0.0720. The molecule has 0 atom stereocenters. The fourth-order valence-corrected chi connectivity index (χ4v) is 2.54. The monoisotopic (exact) mass is 276 g/mol. The molecular formula is C15H24N4O. The highest BCUT2D eigenvalue weighted by molar-refractivity contribution is 5.92. The number of pyridine rings is 1. The molecule has 0 unspecified atom stereocenters. The standard InChI is InChI=1S/C15H24N4O/c1-19(2)15(20)14-9-13(7-8-17-14)18-10-11-3-5-12(16)6-4-11/h7-9,11-12H,3-6,10,16H2,1-2H3,(H,17,18). The molecular weight excluding hydrogens is 252 g/mol. The van der Waals surface area contributed by atoms with Crippen LogP contribution in [-0.4, -0.2) is 42.5 Å². The first-order chi connectivity index (χ1) is 9.56. The predicted molar refractivity (Wildman–Crippen MR) is 80.7 cm³/mol. The maximum atomic E-state index is 11.9. The van der Waals surface area contributed by atoms with Crippen LogP contribution >= 0.6 is 0 Å². The van der Waals surface area contributed by atoms with Crippen LogP contribution in [0.25, 0.3) is 0 Å². The Hall–Kier alpha value is -1.62. The Balaban J connectivity index is 1.90. The van der Waals surface area contributed by atoms with Crippen molar-refractivity contribution >= 4 is 11.6 Å². The van der Waals surface area contributed by atoms with E-state index < -0.39 is 0 Å². The Morgan fingerprint density at radius 3 is 2.75 bits per heavy atom. The lowest BCUT2D eigenvalue weighted by Crippen LogP contribution is -2.29. The van der Waals surface area contributed by atoms with E-state index in [1.807, 2.05) is 12.1 Å². The number of nitrogens with two attached hydrogens (primary N) is 1. The van der Waals surface area contributed by atoms with E-state index in [0.29, 0.717) is 17.7 Å². The average molecular weight is 276 g/mol. The Kier molecular flexibility index (Phi) is 4.95. The van der Waals surface area contributed by atoms with Crippen molar-refractivity contribution in [2.24, 2.45) is 11.7 Å². The van der Waals surface area contributed by atoms with Crippen LogP contribution in [0.2, 0.25) is 0 Å². The van der Waals surface area contributed by atoms with E-state index in [1.54, 1.807) is 20.3 Å². The summed E-state index contributed by atoms with van der Waals surface area (Å²) in [6.07, 6.45) is 6.28. The van der Waals surface area contributed by atoms with Crippen LogP contribution in [0, 0.1) is 5.92 Å². The molecule has 0 spiro atoms. The number of carbonyl (C=O) groups excluding carboxylic acids is 1. The number of hydrogen-bond acceptors (Lipinski definition) is 4. The molecule has 2 rings (SSSR count). The minimum absolute atomic E-state index is 0.0720. The van der Waals surface area contributed by atoms with Crippen molar-refractivity contribution in [3.63, 3.8) is 0 Å². The number of carbonyl (C=O) groups is 1. The number of anilines is 1. The minimum Gasteiger partial charge on any atom is -0.385 e. The van der Waals surface area contributed by atoms with Crippen LogP contribution in [0.15, 0.2) is 18.3 Å². The first-order valence-corrected chi connectivity index (χ1v) is 7.23. The van der Waals surface area contributed by atoms with Gasteiger partial charge in [-0.1, -0.05) is 0 Å². The molecule has 5 heteroatoms. The highest BCUT2D eigenvalue weighted by Gasteiger charge is 2.18. The van der Waals surface area contributed by atoms with Crippen molar-refractivity contribution in [2.75, 3.05) is 26.0 Å². The smallest absolute Gasteiger partial charge is 0.272 e. The van der Waals surface area contributed by atoms with Gasteiger partial charge < -0.3 is 16.0 Å². The molecule has 1 amide bonds. The largest absolute Gasteiger partial charge is 0.385 e. The second-order valence-corrected chi connectivity index (χ2v) is 5.79. The van der Waals surface area contributed by atoms with Crippen LogP contribution in [0.1, 0.15) is 36.2 Å². The molecule has 110 valence electrons. The molecule has 5 nitrogen and oxygen atoms in total. The van der Waals surface area contributed by atoms with Gasteiger partial charge >= 0.3 is 0 Å². The molecule has 20 heavy (non-hydrogen) atoms. The highest BCUT2D eigenvalue weighted by atomic mass is 16.2. The van der Waals surface area contributed by atoms with Gasteiger partial charge in [0.1, 0.15) is 5.69 Å². The first kappa shape index (κ1) is 14.8. The summed E-state index contributed by atoms with van der Waals surface area (Å²) in [4.78, 5) is 17.5. The van der Waals surface area contributed by atoms with E-state index in [-0.39, 0.29) is 5.91 Å². The second-order valence-electron chi connectivity index (χ2n) is 5.79. The van der Waals surface area contributed by atoms with Crippen LogP contribution in [-0.2, 0) is 0 Å². The Morgan fingerprint density at radius 1 is 1.40 bits per heavy atom. The maximum Gasteiger partial charge on any atom is 0.272 e. The van der Waals surface area contributed by atoms with Crippen LogP contribution in [0.4, 0.5) is 5.69 Å². The summed E-state index contributed by atoms with van der Waals surface area (Å²) in [6, 6.07) is 4.11. The van der Waals surface area contributed by atoms with Crippen molar-refractivity contribution in [1.82, 2.24) is 9.88 Å². The Labute approximate surface area is 120 Å². The molecule has 3 N–H and O–H groups in total. The quantitative estimate of drug-likeness (QED) is 0.878. The van der Waals surface area contributed by atoms with Gasteiger partial charge in [-0.25, -0.2) is 0 Å². The van der Waals surface area contributed by atoms with Gasteiger partial charge in [0.05, 0.1) is 0 Å². The maximum absolute atomic E-state index is 11.9. The molecule has 0 saturated heterocycles. The third-order valence-corrected chi connectivity index (χ3v) is 3.87. The molecule has 0 aliphatic heterocycles. The number of nitrogens with one attached hydrogen (secondary N) is 1. The second kappa shape index (κ2) is 6.70. The fourth-order valence-electron chi connectivity index (χ4n) is 2.54. The third-order valence-electron chi connectivity index (χ3n) is 3.87. The predicted octanol–water partition coefficient (Wildman–Crippen LogP) is 1.71. The summed E-state index contributed by atoms with van der Waals surface area (Å²) >= 11 is 0. The summed E-state index contributed by atoms with van der Waals surface area (Å²) in [5.41, 5.74) is 7.35. The molecule has 1 aliphatic carbocycles. The van der Waals surface area contributed by atoms with Gasteiger partial charge in [-0.05, 0) is 43.7 Å².